The van der Waals surface area contributed by atoms with Crippen molar-refractivity contribution in [3.63, 3.8) is 0 Å². The number of benzene rings is 1. The molecule has 8 nitrogen and oxygen atoms in total. The molecule has 3 aliphatic rings. The van der Waals surface area contributed by atoms with E-state index in [0.717, 1.165) is 31.5 Å². The number of quaternary nitrogens is 2. The SMILES string of the molecule is C=CCN(C)C(=O)[C@@H](C)[C@H]1CC[C@]2(C)Cc3sc(NC(=O)c4ccc(C[NH+]5CC[NH+](C)CC5)cc4)nc3[C@@H](C)[C@@H]2[C@H]1O. The largest absolute Gasteiger partial charge is 0.392 e. The average molecular weight is 596 g/mol. The van der Waals surface area contributed by atoms with Gasteiger partial charge < -0.3 is 19.8 Å². The maximum Gasteiger partial charge on any atom is 0.257 e. The number of likely N-dealkylation sites (N-methyl/N-ethyl adjacent to an activating group) is 2. The number of rotatable bonds is 8. The summed E-state index contributed by atoms with van der Waals surface area (Å²) in [6.45, 7) is 16.4. The van der Waals surface area contributed by atoms with Crippen LogP contribution in [-0.4, -0.2) is 79.7 Å². The fourth-order valence-corrected chi connectivity index (χ4v) is 9.11. The molecule has 2 amide bonds. The number of aliphatic hydroxyl groups excluding tert-OH is 1. The van der Waals surface area contributed by atoms with Crippen molar-refractivity contribution in [3.8, 4) is 0 Å². The monoisotopic (exact) mass is 595 g/mol. The standard InChI is InChI=1S/C33H47N5O3S/c1-7-14-37(6)31(41)21(2)25-12-13-33(4)19-26-28(22(3)27(33)29(25)39)34-32(42-26)35-30(40)24-10-8-23(9-11-24)20-38-17-15-36(5)16-18-38/h7-11,21-22,25,27,29,39H,1,12-20H2,2-6H3,(H,34,35,40)/p+2/t21-,22-,25+,27+,29-,33+/m0/s1. The molecule has 2 fully saturated rings. The van der Waals surface area contributed by atoms with Crippen LogP contribution in [0.1, 0.15) is 66.0 Å². The fourth-order valence-electron chi connectivity index (χ4n) is 7.85. The highest BCUT2D eigenvalue weighted by Gasteiger charge is 2.54. The molecule has 2 aromatic rings. The first kappa shape index (κ1) is 30.9. The van der Waals surface area contributed by atoms with Gasteiger partial charge in [-0.2, -0.15) is 0 Å². The van der Waals surface area contributed by atoms with Crippen LogP contribution < -0.4 is 15.1 Å². The minimum absolute atomic E-state index is 0.00532. The lowest BCUT2D eigenvalue weighted by atomic mass is 9.53. The van der Waals surface area contributed by atoms with Gasteiger partial charge in [0.2, 0.25) is 5.91 Å². The van der Waals surface area contributed by atoms with E-state index < -0.39 is 6.10 Å². The van der Waals surface area contributed by atoms with Crippen LogP contribution in [0.2, 0.25) is 0 Å². The first-order chi connectivity index (χ1) is 20.0. The van der Waals surface area contributed by atoms with Gasteiger partial charge in [0.1, 0.15) is 32.7 Å². The van der Waals surface area contributed by atoms with E-state index in [1.165, 1.54) is 36.6 Å². The Balaban J connectivity index is 1.25. The van der Waals surface area contributed by atoms with Gasteiger partial charge in [0, 0.05) is 41.4 Å². The second-order valence-corrected chi connectivity index (χ2v) is 14.6. The van der Waals surface area contributed by atoms with Crippen molar-refractivity contribution >= 4 is 28.3 Å². The van der Waals surface area contributed by atoms with Gasteiger partial charge in [-0.05, 0) is 48.6 Å². The van der Waals surface area contributed by atoms with Crippen LogP contribution in [0, 0.1) is 23.2 Å². The number of hydrogen-bond acceptors (Lipinski definition) is 5. The molecule has 9 heteroatoms. The summed E-state index contributed by atoms with van der Waals surface area (Å²) in [5.41, 5.74) is 2.80. The molecule has 5 rings (SSSR count). The molecule has 42 heavy (non-hydrogen) atoms. The molecule has 1 aliphatic heterocycles. The van der Waals surface area contributed by atoms with Crippen LogP contribution in [0.25, 0.3) is 0 Å². The van der Waals surface area contributed by atoms with Crippen molar-refractivity contribution in [2.45, 2.75) is 58.6 Å². The molecular weight excluding hydrogens is 546 g/mol. The Bertz CT molecular complexity index is 1290. The summed E-state index contributed by atoms with van der Waals surface area (Å²) in [6.07, 6.45) is 3.75. The van der Waals surface area contributed by atoms with Crippen molar-refractivity contribution < 1.29 is 24.5 Å². The summed E-state index contributed by atoms with van der Waals surface area (Å²) in [7, 11) is 4.05. The fraction of sp³-hybridized carbons (Fsp3) is 0.606. The number of aliphatic hydroxyl groups is 1. The smallest absolute Gasteiger partial charge is 0.257 e. The number of thiazole rings is 1. The lowest BCUT2D eigenvalue weighted by Gasteiger charge is -2.53. The normalized spacial score (nSPS) is 31.4. The maximum atomic E-state index is 13.2. The Labute approximate surface area is 254 Å². The Morgan fingerprint density at radius 1 is 1.26 bits per heavy atom. The second-order valence-electron chi connectivity index (χ2n) is 13.5. The molecule has 0 bridgehead atoms. The van der Waals surface area contributed by atoms with Crippen LogP contribution in [0.4, 0.5) is 5.13 Å². The van der Waals surface area contributed by atoms with E-state index in [2.05, 4.69) is 44.9 Å². The van der Waals surface area contributed by atoms with Crippen LogP contribution in [0.5, 0.6) is 0 Å². The Hall–Kier alpha value is -2.59. The minimum Gasteiger partial charge on any atom is -0.392 e. The Kier molecular flexibility index (Phi) is 9.23. The quantitative estimate of drug-likeness (QED) is 0.350. The molecular formula is C33H49N5O3S+2. The summed E-state index contributed by atoms with van der Waals surface area (Å²) >= 11 is 1.57. The summed E-state index contributed by atoms with van der Waals surface area (Å²) in [5.74, 6) is -0.402. The van der Waals surface area contributed by atoms with Crippen molar-refractivity contribution in [3.05, 3.63) is 58.6 Å². The van der Waals surface area contributed by atoms with Gasteiger partial charge in [-0.1, -0.05) is 39.0 Å². The van der Waals surface area contributed by atoms with E-state index in [9.17, 15) is 14.7 Å². The third-order valence-corrected chi connectivity index (χ3v) is 11.4. The van der Waals surface area contributed by atoms with E-state index in [-0.39, 0.29) is 40.9 Å². The van der Waals surface area contributed by atoms with Gasteiger partial charge in [0.25, 0.3) is 5.91 Å². The molecule has 1 aromatic heterocycles. The molecule has 2 aliphatic carbocycles. The predicted octanol–water partition coefficient (Wildman–Crippen LogP) is 1.64. The molecule has 228 valence electrons. The highest BCUT2D eigenvalue weighted by molar-refractivity contribution is 7.15. The molecule has 0 spiro atoms. The highest BCUT2D eigenvalue weighted by atomic mass is 32.1. The molecule has 0 radical (unpaired) electrons. The summed E-state index contributed by atoms with van der Waals surface area (Å²) in [5, 5.41) is 15.4. The van der Waals surface area contributed by atoms with Crippen LogP contribution >= 0.6 is 11.3 Å². The number of anilines is 1. The number of hydrogen-bond donors (Lipinski definition) is 4. The zero-order chi connectivity index (χ0) is 30.2. The third-order valence-electron chi connectivity index (χ3n) is 10.4. The second kappa shape index (κ2) is 12.6. The molecule has 4 N–H and O–H groups in total. The van der Waals surface area contributed by atoms with Gasteiger partial charge >= 0.3 is 0 Å². The van der Waals surface area contributed by atoms with Crippen LogP contribution in [-0.2, 0) is 17.8 Å². The van der Waals surface area contributed by atoms with Crippen molar-refractivity contribution in [2.75, 3.05) is 52.1 Å². The average Bonchev–Trinajstić information content (AvgIpc) is 3.35. The van der Waals surface area contributed by atoms with Crippen molar-refractivity contribution in [2.24, 2.45) is 23.2 Å². The summed E-state index contributed by atoms with van der Waals surface area (Å²) in [6, 6.07) is 7.99. The predicted molar refractivity (Wildman–Crippen MR) is 167 cm³/mol. The molecule has 2 heterocycles. The van der Waals surface area contributed by atoms with Gasteiger partial charge in [-0.3, -0.25) is 14.9 Å². The molecule has 1 saturated carbocycles. The van der Waals surface area contributed by atoms with E-state index in [1.807, 2.05) is 19.1 Å². The lowest BCUT2D eigenvalue weighted by molar-refractivity contribution is -1.01. The molecule has 6 atom stereocenters. The Morgan fingerprint density at radius 2 is 1.95 bits per heavy atom. The number of carbonyl (C=O) groups excluding carboxylic acids is 2. The molecule has 1 saturated heterocycles. The third kappa shape index (κ3) is 6.20. The van der Waals surface area contributed by atoms with E-state index >= 15 is 0 Å². The van der Waals surface area contributed by atoms with E-state index in [1.54, 1.807) is 39.2 Å². The number of piperazine rings is 1. The maximum absolute atomic E-state index is 13.2. The molecule has 0 unspecified atom stereocenters. The topological polar surface area (TPSA) is 91.4 Å². The van der Waals surface area contributed by atoms with E-state index in [4.69, 9.17) is 4.98 Å². The highest BCUT2D eigenvalue weighted by Crippen LogP contribution is 2.57. The lowest BCUT2D eigenvalue weighted by Crippen LogP contribution is -3.26. The van der Waals surface area contributed by atoms with E-state index in [0.29, 0.717) is 17.2 Å². The Morgan fingerprint density at radius 3 is 2.62 bits per heavy atom. The van der Waals surface area contributed by atoms with Crippen LogP contribution in [0.15, 0.2) is 36.9 Å². The number of fused-ring (bicyclic) bond motifs is 2. The van der Waals surface area contributed by atoms with Crippen LogP contribution in [0.3, 0.4) is 0 Å². The molecule has 1 aromatic carbocycles. The first-order valence-corrected chi connectivity index (χ1v) is 16.4. The van der Waals surface area contributed by atoms with Gasteiger partial charge in [0.05, 0.1) is 18.8 Å². The van der Waals surface area contributed by atoms with Gasteiger partial charge in [-0.15, -0.1) is 17.9 Å². The first-order valence-electron chi connectivity index (χ1n) is 15.6. The number of nitrogens with zero attached hydrogens (tertiary/aromatic N) is 2. The number of amides is 2. The zero-order valence-corrected chi connectivity index (χ0v) is 26.7. The van der Waals surface area contributed by atoms with Crippen molar-refractivity contribution in [1.29, 1.82) is 0 Å². The number of aromatic nitrogens is 1. The summed E-state index contributed by atoms with van der Waals surface area (Å²) in [4.78, 5) is 37.2. The minimum atomic E-state index is -0.588. The van der Waals surface area contributed by atoms with Gasteiger partial charge in [-0.25, -0.2) is 4.98 Å². The summed E-state index contributed by atoms with van der Waals surface area (Å²) < 4.78 is 0. The number of nitrogens with one attached hydrogen (secondary N) is 3. The van der Waals surface area contributed by atoms with Gasteiger partial charge in [0.15, 0.2) is 5.13 Å². The van der Waals surface area contributed by atoms with Crippen molar-refractivity contribution in [1.82, 2.24) is 9.88 Å². The number of carbonyl (C=O) groups is 2. The zero-order valence-electron chi connectivity index (χ0n) is 25.9.